The lowest BCUT2D eigenvalue weighted by Gasteiger charge is -2.10. The van der Waals surface area contributed by atoms with E-state index in [-0.39, 0.29) is 0 Å². The Morgan fingerprint density at radius 1 is 0.933 bits per heavy atom. The van der Waals surface area contributed by atoms with Crippen molar-refractivity contribution in [2.45, 2.75) is 30.3 Å². The van der Waals surface area contributed by atoms with Crippen molar-refractivity contribution in [3.8, 4) is 11.4 Å². The number of rotatable bonds is 8. The Morgan fingerprint density at radius 3 is 2.67 bits per heavy atom. The molecule has 0 fully saturated rings. The number of thioether (sulfide) groups is 1. The van der Waals surface area contributed by atoms with Gasteiger partial charge in [-0.15, -0.1) is 10.2 Å². The largest absolute Gasteiger partial charge is 0.360 e. The van der Waals surface area contributed by atoms with Gasteiger partial charge in [0.05, 0.1) is 6.33 Å². The van der Waals surface area contributed by atoms with Crippen LogP contribution in [0.3, 0.4) is 0 Å². The van der Waals surface area contributed by atoms with Crippen LogP contribution >= 0.6 is 11.8 Å². The van der Waals surface area contributed by atoms with Crippen LogP contribution in [0.15, 0.2) is 78.5 Å². The summed E-state index contributed by atoms with van der Waals surface area (Å²) in [7, 11) is 0. The minimum absolute atomic E-state index is 0.845. The molecule has 0 saturated heterocycles. The van der Waals surface area contributed by atoms with Gasteiger partial charge in [0, 0.05) is 46.9 Å². The first kappa shape index (κ1) is 18.7. The molecule has 0 unspecified atom stereocenters. The van der Waals surface area contributed by atoms with Crippen molar-refractivity contribution in [1.82, 2.24) is 29.7 Å². The third kappa shape index (κ3) is 3.89. The number of hydrogen-bond acceptors (Lipinski definition) is 4. The van der Waals surface area contributed by atoms with E-state index in [9.17, 15) is 0 Å². The summed E-state index contributed by atoms with van der Waals surface area (Å²) in [6, 6.07) is 18.8. The van der Waals surface area contributed by atoms with Gasteiger partial charge in [-0.2, -0.15) is 0 Å². The van der Waals surface area contributed by atoms with Crippen LogP contribution in [0.4, 0.5) is 0 Å². The summed E-state index contributed by atoms with van der Waals surface area (Å²) >= 11 is 1.73. The molecule has 7 heteroatoms. The summed E-state index contributed by atoms with van der Waals surface area (Å²) in [5, 5.41) is 11.3. The fraction of sp³-hybridized carbons (Fsp3) is 0.174. The number of nitrogens with one attached hydrogen (secondary N) is 2. The summed E-state index contributed by atoms with van der Waals surface area (Å²) in [6.07, 6.45) is 7.57. The lowest BCUT2D eigenvalue weighted by atomic mass is 10.1. The predicted molar refractivity (Wildman–Crippen MR) is 120 cm³/mol. The molecule has 5 rings (SSSR count). The molecule has 5 aromatic rings. The van der Waals surface area contributed by atoms with Crippen molar-refractivity contribution < 1.29 is 0 Å². The molecular weight excluding hydrogens is 392 g/mol. The van der Waals surface area contributed by atoms with E-state index in [0.717, 1.165) is 52.9 Å². The van der Waals surface area contributed by atoms with Gasteiger partial charge < -0.3 is 14.5 Å². The predicted octanol–water partition coefficient (Wildman–Crippen LogP) is 5.07. The molecule has 2 aromatic carbocycles. The maximum absolute atomic E-state index is 4.59. The van der Waals surface area contributed by atoms with Gasteiger partial charge in [0.15, 0.2) is 11.0 Å². The van der Waals surface area contributed by atoms with Gasteiger partial charge in [-0.25, -0.2) is 4.98 Å². The van der Waals surface area contributed by atoms with Gasteiger partial charge in [-0.05, 0) is 24.5 Å². The Bertz CT molecular complexity index is 1220. The molecule has 30 heavy (non-hydrogen) atoms. The molecule has 3 heterocycles. The fourth-order valence-corrected chi connectivity index (χ4v) is 4.54. The third-order valence-corrected chi connectivity index (χ3v) is 6.18. The minimum atomic E-state index is 0.845. The Morgan fingerprint density at radius 2 is 1.80 bits per heavy atom. The van der Waals surface area contributed by atoms with Crippen molar-refractivity contribution in [3.05, 3.63) is 84.6 Å². The molecule has 0 atom stereocenters. The summed E-state index contributed by atoms with van der Waals surface area (Å²) in [5.74, 6) is 1.78. The van der Waals surface area contributed by atoms with Gasteiger partial charge in [-0.1, -0.05) is 60.3 Å². The number of aromatic amines is 2. The van der Waals surface area contributed by atoms with Crippen LogP contribution in [-0.4, -0.2) is 29.7 Å². The topological polar surface area (TPSA) is 75.2 Å². The standard InChI is InChI=1S/C23H22N6S/c1-2-7-17(8-3-1)15-30-23-28-27-22(20-14-25-21-11-5-4-10-19(20)21)29(23)12-6-9-18-13-24-16-26-18/h1-5,7-8,10-11,13-14,16,25H,6,9,12,15H2,(H,24,26). The molecule has 6 nitrogen and oxygen atoms in total. The van der Waals surface area contributed by atoms with Gasteiger partial charge in [0.1, 0.15) is 0 Å². The number of benzene rings is 2. The molecule has 0 aliphatic rings. The van der Waals surface area contributed by atoms with Crippen LogP contribution in [0.5, 0.6) is 0 Å². The maximum atomic E-state index is 4.59. The van der Waals surface area contributed by atoms with E-state index in [2.05, 4.69) is 72.2 Å². The van der Waals surface area contributed by atoms with E-state index in [4.69, 9.17) is 0 Å². The monoisotopic (exact) mass is 414 g/mol. The van der Waals surface area contributed by atoms with Crippen LogP contribution in [0.25, 0.3) is 22.3 Å². The quantitative estimate of drug-likeness (QED) is 0.347. The zero-order chi connectivity index (χ0) is 20.2. The normalized spacial score (nSPS) is 11.3. The Hall–Kier alpha value is -3.32. The molecule has 0 radical (unpaired) electrons. The van der Waals surface area contributed by atoms with E-state index < -0.39 is 0 Å². The Balaban J connectivity index is 1.44. The highest BCUT2D eigenvalue weighted by molar-refractivity contribution is 7.98. The van der Waals surface area contributed by atoms with Crippen molar-refractivity contribution >= 4 is 22.7 Å². The number of aromatic nitrogens is 6. The Kier molecular flexibility index (Phi) is 5.35. The molecule has 0 aliphatic heterocycles. The number of para-hydroxylation sites is 1. The van der Waals surface area contributed by atoms with Crippen LogP contribution in [0.1, 0.15) is 17.7 Å². The van der Waals surface area contributed by atoms with Gasteiger partial charge in [-0.3, -0.25) is 0 Å². The van der Waals surface area contributed by atoms with Crippen LogP contribution in [0.2, 0.25) is 0 Å². The fourth-order valence-electron chi connectivity index (χ4n) is 3.62. The highest BCUT2D eigenvalue weighted by atomic mass is 32.2. The third-order valence-electron chi connectivity index (χ3n) is 5.14. The molecule has 3 aromatic heterocycles. The summed E-state index contributed by atoms with van der Waals surface area (Å²) < 4.78 is 2.25. The van der Waals surface area contributed by atoms with E-state index in [1.807, 2.05) is 24.5 Å². The second kappa shape index (κ2) is 8.59. The molecule has 0 bridgehead atoms. The average molecular weight is 415 g/mol. The van der Waals surface area contributed by atoms with Crippen LogP contribution < -0.4 is 0 Å². The molecule has 0 aliphatic carbocycles. The number of imidazole rings is 1. The zero-order valence-electron chi connectivity index (χ0n) is 16.5. The summed E-state index contributed by atoms with van der Waals surface area (Å²) in [4.78, 5) is 10.7. The van der Waals surface area contributed by atoms with E-state index in [1.54, 1.807) is 18.1 Å². The average Bonchev–Trinajstić information content (AvgIpc) is 3.53. The molecule has 150 valence electrons. The number of H-pyrrole nitrogens is 2. The van der Waals surface area contributed by atoms with Crippen molar-refractivity contribution in [1.29, 1.82) is 0 Å². The zero-order valence-corrected chi connectivity index (χ0v) is 17.3. The maximum Gasteiger partial charge on any atom is 0.191 e. The van der Waals surface area contributed by atoms with Crippen LogP contribution in [-0.2, 0) is 18.7 Å². The lowest BCUT2D eigenvalue weighted by molar-refractivity contribution is 0.596. The first-order valence-electron chi connectivity index (χ1n) is 10.0. The molecule has 0 spiro atoms. The van der Waals surface area contributed by atoms with Crippen molar-refractivity contribution in [2.75, 3.05) is 0 Å². The lowest BCUT2D eigenvalue weighted by Crippen LogP contribution is -2.04. The van der Waals surface area contributed by atoms with Gasteiger partial charge in [0.2, 0.25) is 0 Å². The second-order valence-corrected chi connectivity index (χ2v) is 8.10. The van der Waals surface area contributed by atoms with Gasteiger partial charge in [0.25, 0.3) is 0 Å². The smallest absolute Gasteiger partial charge is 0.191 e. The van der Waals surface area contributed by atoms with E-state index in [1.165, 1.54) is 10.9 Å². The highest BCUT2D eigenvalue weighted by Gasteiger charge is 2.17. The van der Waals surface area contributed by atoms with E-state index >= 15 is 0 Å². The second-order valence-electron chi connectivity index (χ2n) is 7.16. The molecule has 0 saturated carbocycles. The van der Waals surface area contributed by atoms with Crippen LogP contribution in [0, 0.1) is 0 Å². The molecule has 2 N–H and O–H groups in total. The first-order chi connectivity index (χ1) is 14.9. The minimum Gasteiger partial charge on any atom is -0.360 e. The summed E-state index contributed by atoms with van der Waals surface area (Å²) in [6.45, 7) is 0.845. The SMILES string of the molecule is c1ccc(CSc2nnc(-c3c[nH]c4ccccc34)n2CCCc2cnc[nH]2)cc1. The Labute approximate surface area is 178 Å². The van der Waals surface area contributed by atoms with Gasteiger partial charge >= 0.3 is 0 Å². The van der Waals surface area contributed by atoms with Crippen molar-refractivity contribution in [2.24, 2.45) is 0 Å². The number of nitrogens with zero attached hydrogens (tertiary/aromatic N) is 4. The molecular formula is C23H22N6S. The van der Waals surface area contributed by atoms with E-state index in [0.29, 0.717) is 0 Å². The van der Waals surface area contributed by atoms with Crippen molar-refractivity contribution in [3.63, 3.8) is 0 Å². The highest BCUT2D eigenvalue weighted by Crippen LogP contribution is 2.31. The molecule has 0 amide bonds. The number of aryl methyl sites for hydroxylation is 1. The number of fused-ring (bicyclic) bond motifs is 1. The number of hydrogen-bond donors (Lipinski definition) is 2. The first-order valence-corrected chi connectivity index (χ1v) is 11.0. The summed E-state index contributed by atoms with van der Waals surface area (Å²) in [5.41, 5.74) is 4.63.